The van der Waals surface area contributed by atoms with E-state index in [4.69, 9.17) is 0 Å². The smallest absolute Gasteiger partial charge is 0.256 e. The summed E-state index contributed by atoms with van der Waals surface area (Å²) in [7, 11) is 0. The highest BCUT2D eigenvalue weighted by Gasteiger charge is 2.40. The molecule has 0 unspecified atom stereocenters. The van der Waals surface area contributed by atoms with Gasteiger partial charge in [0, 0.05) is 16.6 Å². The quantitative estimate of drug-likeness (QED) is 0.902. The third kappa shape index (κ3) is 2.71. The Balaban J connectivity index is 2.02. The molecule has 2 aromatic carbocycles. The van der Waals surface area contributed by atoms with E-state index in [9.17, 15) is 14.3 Å². The maximum atomic E-state index is 13.4. The normalized spacial score (nSPS) is 21.9. The van der Waals surface area contributed by atoms with Gasteiger partial charge in [0.2, 0.25) is 0 Å². The molecule has 0 bridgehead atoms. The molecule has 1 fully saturated rings. The first-order valence-electron chi connectivity index (χ1n) is 6.58. The Labute approximate surface area is 130 Å². The predicted molar refractivity (Wildman–Crippen MR) is 81.4 cm³/mol. The Morgan fingerprint density at radius 1 is 1.19 bits per heavy atom. The number of amides is 1. The molecule has 1 amide bonds. The summed E-state index contributed by atoms with van der Waals surface area (Å²) in [6, 6.07) is 13.0. The van der Waals surface area contributed by atoms with Crippen LogP contribution in [0, 0.1) is 5.82 Å². The zero-order chi connectivity index (χ0) is 15.0. The van der Waals surface area contributed by atoms with Crippen LogP contribution in [0.5, 0.6) is 0 Å². The Morgan fingerprint density at radius 2 is 1.90 bits per heavy atom. The van der Waals surface area contributed by atoms with Crippen molar-refractivity contribution in [3.63, 3.8) is 0 Å². The largest absolute Gasteiger partial charge is 0.383 e. The van der Waals surface area contributed by atoms with E-state index in [1.54, 1.807) is 24.3 Å². The maximum Gasteiger partial charge on any atom is 0.256 e. The topological polar surface area (TPSA) is 40.5 Å². The second-order valence-electron chi connectivity index (χ2n) is 5.01. The fourth-order valence-corrected chi connectivity index (χ4v) is 2.90. The van der Waals surface area contributed by atoms with E-state index in [0.717, 1.165) is 4.47 Å². The highest BCUT2D eigenvalue weighted by atomic mass is 79.9. The van der Waals surface area contributed by atoms with Gasteiger partial charge in [-0.25, -0.2) is 4.39 Å². The van der Waals surface area contributed by atoms with Crippen molar-refractivity contribution in [1.82, 2.24) is 0 Å². The molecule has 0 spiro atoms. The molecule has 1 aliphatic heterocycles. The monoisotopic (exact) mass is 349 g/mol. The molecular formula is C16H13BrFNO2. The maximum absolute atomic E-state index is 13.4. The number of carbonyl (C=O) groups is 1. The summed E-state index contributed by atoms with van der Waals surface area (Å²) in [5, 5.41) is 9.89. The first-order chi connectivity index (χ1) is 10.1. The van der Waals surface area contributed by atoms with Gasteiger partial charge in [-0.3, -0.25) is 4.79 Å². The molecule has 1 N–H and O–H groups in total. The summed E-state index contributed by atoms with van der Waals surface area (Å²) in [5.74, 6) is -0.705. The van der Waals surface area contributed by atoms with Crippen molar-refractivity contribution < 1.29 is 14.3 Å². The van der Waals surface area contributed by atoms with Crippen LogP contribution in [0.1, 0.15) is 18.0 Å². The zero-order valence-corrected chi connectivity index (χ0v) is 12.6. The first kappa shape index (κ1) is 14.2. The molecule has 2 aromatic rings. The van der Waals surface area contributed by atoms with Gasteiger partial charge < -0.3 is 10.0 Å². The van der Waals surface area contributed by atoms with Crippen molar-refractivity contribution in [2.24, 2.45) is 0 Å². The number of hydrogen-bond donors (Lipinski definition) is 1. The number of nitrogens with zero attached hydrogens (tertiary/aromatic N) is 1. The van der Waals surface area contributed by atoms with Gasteiger partial charge >= 0.3 is 0 Å². The Hall–Kier alpha value is -1.72. The van der Waals surface area contributed by atoms with Crippen LogP contribution >= 0.6 is 15.9 Å². The van der Waals surface area contributed by atoms with E-state index in [1.165, 1.54) is 17.0 Å². The highest BCUT2D eigenvalue weighted by Crippen LogP contribution is 2.37. The zero-order valence-electron chi connectivity index (χ0n) is 11.0. The number of halogens is 2. The number of aliphatic hydroxyl groups is 1. The molecule has 3 nitrogen and oxygen atoms in total. The van der Waals surface area contributed by atoms with Crippen LogP contribution in [0.2, 0.25) is 0 Å². The second-order valence-corrected chi connectivity index (χ2v) is 5.92. The summed E-state index contributed by atoms with van der Waals surface area (Å²) in [4.78, 5) is 13.8. The summed E-state index contributed by atoms with van der Waals surface area (Å²) in [5.41, 5.74) is 1.37. The minimum atomic E-state index is -1.05. The molecule has 108 valence electrons. The fourth-order valence-electron chi connectivity index (χ4n) is 2.64. The Kier molecular flexibility index (Phi) is 3.78. The molecule has 2 atom stereocenters. The van der Waals surface area contributed by atoms with Crippen LogP contribution in [0.15, 0.2) is 53.0 Å². The van der Waals surface area contributed by atoms with E-state index < -0.39 is 6.10 Å². The lowest BCUT2D eigenvalue weighted by atomic mass is 10.0. The average Bonchev–Trinajstić information content (AvgIpc) is 2.76. The second kappa shape index (κ2) is 5.58. The Morgan fingerprint density at radius 3 is 2.57 bits per heavy atom. The molecule has 1 heterocycles. The molecule has 0 radical (unpaired) electrons. The van der Waals surface area contributed by atoms with Crippen molar-refractivity contribution in [1.29, 1.82) is 0 Å². The van der Waals surface area contributed by atoms with Crippen molar-refractivity contribution in [2.75, 3.05) is 4.90 Å². The highest BCUT2D eigenvalue weighted by molar-refractivity contribution is 9.10. The lowest BCUT2D eigenvalue weighted by Gasteiger charge is -2.25. The van der Waals surface area contributed by atoms with E-state index in [-0.39, 0.29) is 24.2 Å². The first-order valence-corrected chi connectivity index (χ1v) is 7.38. The van der Waals surface area contributed by atoms with E-state index in [1.807, 2.05) is 12.1 Å². The van der Waals surface area contributed by atoms with Crippen LogP contribution in [0.4, 0.5) is 10.1 Å². The van der Waals surface area contributed by atoms with Gasteiger partial charge in [-0.05, 0) is 42.0 Å². The molecular weight excluding hydrogens is 337 g/mol. The van der Waals surface area contributed by atoms with Crippen molar-refractivity contribution in [3.8, 4) is 0 Å². The van der Waals surface area contributed by atoms with E-state index >= 15 is 0 Å². The Bertz CT molecular complexity index is 674. The minimum absolute atomic E-state index is 0.262. The van der Waals surface area contributed by atoms with Gasteiger partial charge in [-0.15, -0.1) is 0 Å². The molecule has 0 aliphatic carbocycles. The fraction of sp³-hybridized carbons (Fsp3) is 0.188. The SMILES string of the molecule is O=C1[C@@H](O)C[C@H](c2cccc(F)c2)N1c1ccc(Br)cc1. The van der Waals surface area contributed by atoms with Crippen LogP contribution in [-0.2, 0) is 4.79 Å². The van der Waals surface area contributed by atoms with Gasteiger partial charge in [0.1, 0.15) is 11.9 Å². The van der Waals surface area contributed by atoms with Crippen LogP contribution < -0.4 is 4.90 Å². The van der Waals surface area contributed by atoms with Gasteiger partial charge in [-0.1, -0.05) is 28.1 Å². The van der Waals surface area contributed by atoms with Gasteiger partial charge in [0.15, 0.2) is 0 Å². The third-order valence-electron chi connectivity index (χ3n) is 3.62. The molecule has 1 aliphatic rings. The molecule has 0 aromatic heterocycles. The van der Waals surface area contributed by atoms with Gasteiger partial charge in [0.25, 0.3) is 5.91 Å². The summed E-state index contributed by atoms with van der Waals surface area (Å²) in [6.45, 7) is 0. The average molecular weight is 350 g/mol. The molecule has 5 heteroatoms. The number of hydrogen-bond acceptors (Lipinski definition) is 2. The lowest BCUT2D eigenvalue weighted by Crippen LogP contribution is -2.30. The van der Waals surface area contributed by atoms with Crippen molar-refractivity contribution in [2.45, 2.75) is 18.6 Å². The van der Waals surface area contributed by atoms with Gasteiger partial charge in [0.05, 0.1) is 6.04 Å². The number of benzene rings is 2. The van der Waals surface area contributed by atoms with Gasteiger partial charge in [-0.2, -0.15) is 0 Å². The molecule has 21 heavy (non-hydrogen) atoms. The molecule has 0 saturated carbocycles. The number of aliphatic hydroxyl groups excluding tert-OH is 1. The van der Waals surface area contributed by atoms with Crippen LogP contribution in [0.3, 0.4) is 0 Å². The standard InChI is InChI=1S/C16H13BrFNO2/c17-11-4-6-13(7-5-11)19-14(9-15(20)16(19)21)10-2-1-3-12(18)8-10/h1-8,14-15,20H,9H2/t14-,15+/m1/s1. The van der Waals surface area contributed by atoms with Crippen LogP contribution in [0.25, 0.3) is 0 Å². The summed E-state index contributed by atoms with van der Waals surface area (Å²) < 4.78 is 14.3. The molecule has 3 rings (SSSR count). The minimum Gasteiger partial charge on any atom is -0.383 e. The van der Waals surface area contributed by atoms with E-state index in [2.05, 4.69) is 15.9 Å². The number of carbonyl (C=O) groups excluding carboxylic acids is 1. The predicted octanol–water partition coefficient (Wildman–Crippen LogP) is 3.43. The molecule has 1 saturated heterocycles. The number of rotatable bonds is 2. The lowest BCUT2D eigenvalue weighted by molar-refractivity contribution is -0.124. The third-order valence-corrected chi connectivity index (χ3v) is 4.15. The van der Waals surface area contributed by atoms with E-state index in [0.29, 0.717) is 11.3 Å². The summed E-state index contributed by atoms with van der Waals surface area (Å²) in [6.07, 6.45) is -0.792. The number of anilines is 1. The van der Waals surface area contributed by atoms with Crippen LogP contribution in [-0.4, -0.2) is 17.1 Å². The van der Waals surface area contributed by atoms with Crippen molar-refractivity contribution >= 4 is 27.5 Å². The summed E-state index contributed by atoms with van der Waals surface area (Å²) >= 11 is 3.35. The van der Waals surface area contributed by atoms with Crippen molar-refractivity contribution in [3.05, 3.63) is 64.4 Å².